The zero-order valence-corrected chi connectivity index (χ0v) is 22.4. The number of likely N-dealkylation sites (N-methyl/N-ethyl adjacent to an activating group) is 1. The second-order valence-electron chi connectivity index (χ2n) is 12.0. The van der Waals surface area contributed by atoms with Gasteiger partial charge in [0.25, 0.3) is 0 Å². The van der Waals surface area contributed by atoms with Gasteiger partial charge >= 0.3 is 17.9 Å². The van der Waals surface area contributed by atoms with Crippen LogP contribution in [0, 0.1) is 0 Å². The summed E-state index contributed by atoms with van der Waals surface area (Å²) >= 11 is 0. The van der Waals surface area contributed by atoms with Gasteiger partial charge in [-0.1, -0.05) is 12.8 Å². The molecule has 1 aliphatic rings. The van der Waals surface area contributed by atoms with Gasteiger partial charge in [-0.05, 0) is 82.2 Å². The summed E-state index contributed by atoms with van der Waals surface area (Å²) in [5.74, 6) is -1.06. The lowest BCUT2D eigenvalue weighted by Gasteiger charge is -2.43. The van der Waals surface area contributed by atoms with Crippen LogP contribution in [0.25, 0.3) is 0 Å². The van der Waals surface area contributed by atoms with E-state index in [1.54, 1.807) is 0 Å². The third-order valence-electron chi connectivity index (χ3n) is 5.03. The average molecular weight is 471 g/mol. The van der Waals surface area contributed by atoms with Gasteiger partial charge in [0.15, 0.2) is 0 Å². The van der Waals surface area contributed by atoms with Crippen LogP contribution in [0.5, 0.6) is 0 Å². The van der Waals surface area contributed by atoms with Gasteiger partial charge in [-0.15, -0.1) is 0 Å². The van der Waals surface area contributed by atoms with Crippen molar-refractivity contribution < 1.29 is 28.6 Å². The van der Waals surface area contributed by atoms with Crippen LogP contribution in [-0.4, -0.2) is 83.3 Å². The molecular formula is C25H46N2O6. The molecule has 0 aromatic heterocycles. The Kier molecular flexibility index (Phi) is 10.4. The topological polar surface area (TPSA) is 85.4 Å². The van der Waals surface area contributed by atoms with E-state index in [9.17, 15) is 14.4 Å². The Labute approximate surface area is 200 Å². The molecule has 0 unspecified atom stereocenters. The van der Waals surface area contributed by atoms with E-state index in [1.165, 1.54) is 0 Å². The predicted molar refractivity (Wildman–Crippen MR) is 128 cm³/mol. The van der Waals surface area contributed by atoms with Crippen molar-refractivity contribution in [2.75, 3.05) is 26.7 Å². The van der Waals surface area contributed by atoms with Crippen LogP contribution in [0.15, 0.2) is 0 Å². The van der Waals surface area contributed by atoms with Crippen molar-refractivity contribution in [3.8, 4) is 0 Å². The number of carbonyl (C=O) groups excluding carboxylic acids is 3. The fourth-order valence-corrected chi connectivity index (χ4v) is 4.10. The number of nitrogens with zero attached hydrogens (tertiary/aromatic N) is 2. The molecule has 1 saturated carbocycles. The Bertz CT molecular complexity index is 642. The van der Waals surface area contributed by atoms with Gasteiger partial charge in [0, 0.05) is 12.1 Å². The van der Waals surface area contributed by atoms with Crippen molar-refractivity contribution in [3.05, 3.63) is 0 Å². The van der Waals surface area contributed by atoms with Crippen molar-refractivity contribution >= 4 is 17.9 Å². The lowest BCUT2D eigenvalue weighted by atomic mass is 9.88. The minimum absolute atomic E-state index is 0.00357. The van der Waals surface area contributed by atoms with Crippen LogP contribution >= 0.6 is 0 Å². The number of hydrogen-bond donors (Lipinski definition) is 0. The van der Waals surface area contributed by atoms with E-state index in [0.29, 0.717) is 0 Å². The molecule has 0 aliphatic heterocycles. The SMILES string of the molecule is CN(CC(=O)OC(C)(C)C)[C@H]1CCCC[C@H]1N(CC(=O)OC(C)(C)C)CC(=O)OC(C)(C)C. The standard InChI is InChI=1S/C25H46N2O6/c1-23(2,3)31-20(28)15-26(10)18-13-11-12-14-19(18)27(16-21(29)32-24(4,5)6)17-22(30)33-25(7,8)9/h18-19H,11-17H2,1-10H3/t18-,19+/m0/s1. The van der Waals surface area contributed by atoms with Crippen LogP contribution in [0.4, 0.5) is 0 Å². The molecule has 1 fully saturated rings. The van der Waals surface area contributed by atoms with Gasteiger partial charge < -0.3 is 14.2 Å². The summed E-state index contributed by atoms with van der Waals surface area (Å²) in [5.41, 5.74) is -1.79. The molecule has 33 heavy (non-hydrogen) atoms. The summed E-state index contributed by atoms with van der Waals surface area (Å²) < 4.78 is 16.6. The molecule has 0 saturated heterocycles. The van der Waals surface area contributed by atoms with Crippen LogP contribution < -0.4 is 0 Å². The molecule has 1 aliphatic carbocycles. The molecule has 1 rings (SSSR count). The number of hydrogen-bond acceptors (Lipinski definition) is 8. The highest BCUT2D eigenvalue weighted by atomic mass is 16.6. The monoisotopic (exact) mass is 470 g/mol. The first-order valence-electron chi connectivity index (χ1n) is 12.0. The first-order chi connectivity index (χ1) is 14.9. The van der Waals surface area contributed by atoms with Gasteiger partial charge in [0.2, 0.25) is 0 Å². The zero-order chi connectivity index (χ0) is 25.6. The summed E-state index contributed by atoms with van der Waals surface area (Å²) in [4.78, 5) is 41.6. The molecule has 192 valence electrons. The molecule has 0 N–H and O–H groups in total. The minimum Gasteiger partial charge on any atom is -0.459 e. The fourth-order valence-electron chi connectivity index (χ4n) is 4.10. The molecule has 8 nitrogen and oxygen atoms in total. The van der Waals surface area contributed by atoms with Crippen molar-refractivity contribution in [1.29, 1.82) is 0 Å². The first kappa shape index (κ1) is 29.4. The predicted octanol–water partition coefficient (Wildman–Crippen LogP) is 3.56. The highest BCUT2D eigenvalue weighted by Crippen LogP contribution is 2.27. The molecule has 0 amide bonds. The summed E-state index contributed by atoms with van der Waals surface area (Å²) in [5, 5.41) is 0. The second kappa shape index (κ2) is 11.6. The number of esters is 3. The summed E-state index contributed by atoms with van der Waals surface area (Å²) in [6, 6.07) is -0.0950. The molecule has 2 atom stereocenters. The smallest absolute Gasteiger partial charge is 0.320 e. The fraction of sp³-hybridized carbons (Fsp3) is 0.880. The Morgan fingerprint density at radius 1 is 0.636 bits per heavy atom. The molecule has 8 heteroatoms. The molecule has 0 aromatic rings. The molecule has 0 heterocycles. The Hall–Kier alpha value is -1.67. The van der Waals surface area contributed by atoms with E-state index >= 15 is 0 Å². The van der Waals surface area contributed by atoms with Gasteiger partial charge in [-0.2, -0.15) is 0 Å². The third kappa shape index (κ3) is 12.4. The van der Waals surface area contributed by atoms with Crippen molar-refractivity contribution in [2.45, 2.75) is 117 Å². The van der Waals surface area contributed by atoms with E-state index in [4.69, 9.17) is 14.2 Å². The van der Waals surface area contributed by atoms with Gasteiger partial charge in [0.05, 0.1) is 19.6 Å². The van der Waals surface area contributed by atoms with Crippen LogP contribution in [0.2, 0.25) is 0 Å². The highest BCUT2D eigenvalue weighted by Gasteiger charge is 2.37. The summed E-state index contributed by atoms with van der Waals surface area (Å²) in [7, 11) is 1.89. The Morgan fingerprint density at radius 2 is 0.970 bits per heavy atom. The lowest BCUT2D eigenvalue weighted by molar-refractivity contribution is -0.164. The largest absolute Gasteiger partial charge is 0.459 e. The molecular weight excluding hydrogens is 424 g/mol. The third-order valence-corrected chi connectivity index (χ3v) is 5.03. The molecule has 0 aromatic carbocycles. The van der Waals surface area contributed by atoms with Crippen molar-refractivity contribution in [2.24, 2.45) is 0 Å². The maximum Gasteiger partial charge on any atom is 0.320 e. The van der Waals surface area contributed by atoms with E-state index in [-0.39, 0.29) is 49.6 Å². The minimum atomic E-state index is -0.617. The van der Waals surface area contributed by atoms with E-state index in [2.05, 4.69) is 0 Å². The van der Waals surface area contributed by atoms with E-state index < -0.39 is 16.8 Å². The Morgan fingerprint density at radius 3 is 1.33 bits per heavy atom. The highest BCUT2D eigenvalue weighted by molar-refractivity contribution is 5.75. The molecule has 0 bridgehead atoms. The van der Waals surface area contributed by atoms with Gasteiger partial charge in [0.1, 0.15) is 16.8 Å². The van der Waals surface area contributed by atoms with Crippen molar-refractivity contribution in [1.82, 2.24) is 9.80 Å². The summed E-state index contributed by atoms with van der Waals surface area (Å²) in [6.07, 6.45) is 3.69. The number of rotatable bonds is 8. The van der Waals surface area contributed by atoms with E-state index in [0.717, 1.165) is 25.7 Å². The lowest BCUT2D eigenvalue weighted by Crippen LogP contribution is -2.56. The Balaban J connectivity index is 3.05. The quantitative estimate of drug-likeness (QED) is 0.393. The number of ether oxygens (including phenoxy) is 3. The van der Waals surface area contributed by atoms with E-state index in [1.807, 2.05) is 79.2 Å². The maximum absolute atomic E-state index is 12.7. The molecule has 0 spiro atoms. The summed E-state index contributed by atoms with van der Waals surface area (Å²) in [6.45, 7) is 16.6. The second-order valence-corrected chi connectivity index (χ2v) is 12.0. The first-order valence-corrected chi connectivity index (χ1v) is 12.0. The van der Waals surface area contributed by atoms with Crippen LogP contribution in [-0.2, 0) is 28.6 Å². The van der Waals surface area contributed by atoms with Crippen LogP contribution in [0.1, 0.15) is 88.0 Å². The number of carbonyl (C=O) groups is 3. The van der Waals surface area contributed by atoms with Gasteiger partial charge in [-0.25, -0.2) is 0 Å². The average Bonchev–Trinajstić information content (AvgIpc) is 2.56. The van der Waals surface area contributed by atoms with Crippen molar-refractivity contribution in [3.63, 3.8) is 0 Å². The van der Waals surface area contributed by atoms with Crippen LogP contribution in [0.3, 0.4) is 0 Å². The molecule has 0 radical (unpaired) electrons. The van der Waals surface area contributed by atoms with Gasteiger partial charge in [-0.3, -0.25) is 24.2 Å². The normalized spacial score (nSPS) is 20.0. The zero-order valence-electron chi connectivity index (χ0n) is 22.4. The maximum atomic E-state index is 12.7.